The standard InChI is InChI=1S/C14H19N3O5S/c18-9-7-15-13(19)14(20)16-11-3-5-12(6-4-11)17-8-1-2-10-23(17,21)22/h3-6,18H,1-2,7-10H2,(H,15,19)(H,16,20). The van der Waals surface area contributed by atoms with Crippen molar-refractivity contribution in [1.29, 1.82) is 0 Å². The number of carbonyl (C=O) groups is 2. The molecule has 0 spiro atoms. The lowest BCUT2D eigenvalue weighted by atomic mass is 10.2. The highest BCUT2D eigenvalue weighted by Gasteiger charge is 2.25. The summed E-state index contributed by atoms with van der Waals surface area (Å²) in [4.78, 5) is 23.0. The Balaban J connectivity index is 2.02. The molecule has 1 aromatic carbocycles. The van der Waals surface area contributed by atoms with E-state index in [-0.39, 0.29) is 18.9 Å². The third-order valence-corrected chi connectivity index (χ3v) is 5.24. The maximum Gasteiger partial charge on any atom is 0.313 e. The molecule has 2 rings (SSSR count). The molecule has 0 radical (unpaired) electrons. The van der Waals surface area contributed by atoms with E-state index in [2.05, 4.69) is 10.6 Å². The molecule has 0 atom stereocenters. The number of sulfonamides is 1. The SMILES string of the molecule is O=C(NCCO)C(=O)Nc1ccc(N2CCCCS2(=O)=O)cc1. The summed E-state index contributed by atoms with van der Waals surface area (Å²) in [6.07, 6.45) is 1.47. The van der Waals surface area contributed by atoms with Crippen molar-refractivity contribution < 1.29 is 23.1 Å². The fourth-order valence-electron chi connectivity index (χ4n) is 2.23. The number of nitrogens with zero attached hydrogens (tertiary/aromatic N) is 1. The average molecular weight is 341 g/mol. The summed E-state index contributed by atoms with van der Waals surface area (Å²) in [6, 6.07) is 6.25. The molecule has 0 unspecified atom stereocenters. The maximum atomic E-state index is 12.0. The number of carbonyl (C=O) groups excluding carboxylic acids is 2. The van der Waals surface area contributed by atoms with E-state index in [4.69, 9.17) is 5.11 Å². The first-order valence-corrected chi connectivity index (χ1v) is 8.85. The Morgan fingerprint density at radius 2 is 1.83 bits per heavy atom. The number of amides is 2. The molecule has 1 heterocycles. The van der Waals surface area contributed by atoms with Gasteiger partial charge in [0.2, 0.25) is 10.0 Å². The van der Waals surface area contributed by atoms with E-state index in [9.17, 15) is 18.0 Å². The van der Waals surface area contributed by atoms with Crippen LogP contribution in [0.3, 0.4) is 0 Å². The molecule has 1 aliphatic heterocycles. The lowest BCUT2D eigenvalue weighted by Gasteiger charge is -2.28. The van der Waals surface area contributed by atoms with Crippen molar-refractivity contribution in [3.63, 3.8) is 0 Å². The summed E-state index contributed by atoms with van der Waals surface area (Å²) in [6.45, 7) is 0.188. The van der Waals surface area contributed by atoms with Gasteiger partial charge < -0.3 is 15.7 Å². The van der Waals surface area contributed by atoms with Gasteiger partial charge in [0, 0.05) is 18.8 Å². The van der Waals surface area contributed by atoms with Crippen LogP contribution in [0.4, 0.5) is 11.4 Å². The highest BCUT2D eigenvalue weighted by Crippen LogP contribution is 2.24. The number of aliphatic hydroxyl groups is 1. The molecule has 0 bridgehead atoms. The van der Waals surface area contributed by atoms with E-state index in [1.807, 2.05) is 0 Å². The quantitative estimate of drug-likeness (QED) is 0.648. The van der Waals surface area contributed by atoms with Gasteiger partial charge in [-0.15, -0.1) is 0 Å². The first-order chi connectivity index (χ1) is 10.9. The average Bonchev–Trinajstić information content (AvgIpc) is 2.53. The maximum absolute atomic E-state index is 12.0. The van der Waals surface area contributed by atoms with Crippen molar-refractivity contribution in [2.75, 3.05) is 35.1 Å². The molecule has 2 amide bonds. The second kappa shape index (κ2) is 7.42. The van der Waals surface area contributed by atoms with Gasteiger partial charge in [-0.3, -0.25) is 13.9 Å². The lowest BCUT2D eigenvalue weighted by Crippen LogP contribution is -2.38. The third-order valence-electron chi connectivity index (χ3n) is 3.37. The largest absolute Gasteiger partial charge is 0.395 e. The molecule has 1 aromatic rings. The van der Waals surface area contributed by atoms with Crippen LogP contribution in [0.5, 0.6) is 0 Å². The van der Waals surface area contributed by atoms with Crippen molar-refractivity contribution >= 4 is 33.2 Å². The van der Waals surface area contributed by atoms with Crippen molar-refractivity contribution in [3.05, 3.63) is 24.3 Å². The van der Waals surface area contributed by atoms with E-state index in [0.29, 0.717) is 24.3 Å². The zero-order valence-electron chi connectivity index (χ0n) is 12.5. The molecule has 1 saturated heterocycles. The van der Waals surface area contributed by atoms with Crippen LogP contribution in [0.1, 0.15) is 12.8 Å². The Bertz CT molecular complexity index is 672. The van der Waals surface area contributed by atoms with Gasteiger partial charge in [0.25, 0.3) is 0 Å². The molecule has 8 nitrogen and oxygen atoms in total. The van der Waals surface area contributed by atoms with Crippen molar-refractivity contribution in [2.24, 2.45) is 0 Å². The van der Waals surface area contributed by atoms with E-state index >= 15 is 0 Å². The fraction of sp³-hybridized carbons (Fsp3) is 0.429. The Morgan fingerprint density at radius 3 is 2.43 bits per heavy atom. The number of hydrogen-bond donors (Lipinski definition) is 3. The Hall–Kier alpha value is -2.13. The number of anilines is 2. The smallest absolute Gasteiger partial charge is 0.313 e. The molecule has 3 N–H and O–H groups in total. The van der Waals surface area contributed by atoms with E-state index in [1.165, 1.54) is 16.4 Å². The summed E-state index contributed by atoms with van der Waals surface area (Å²) in [7, 11) is -3.28. The van der Waals surface area contributed by atoms with Crippen LogP contribution < -0.4 is 14.9 Å². The molecule has 23 heavy (non-hydrogen) atoms. The molecule has 126 valence electrons. The minimum Gasteiger partial charge on any atom is -0.395 e. The molecule has 1 fully saturated rings. The highest BCUT2D eigenvalue weighted by atomic mass is 32.2. The van der Waals surface area contributed by atoms with E-state index in [0.717, 1.165) is 6.42 Å². The fourth-order valence-corrected chi connectivity index (χ4v) is 3.87. The Morgan fingerprint density at radius 1 is 1.13 bits per heavy atom. The predicted octanol–water partition coefficient (Wildman–Crippen LogP) is -0.336. The van der Waals surface area contributed by atoms with Gasteiger partial charge in [-0.2, -0.15) is 0 Å². The van der Waals surface area contributed by atoms with Crippen molar-refractivity contribution in [1.82, 2.24) is 5.32 Å². The number of aliphatic hydroxyl groups excluding tert-OH is 1. The van der Waals surface area contributed by atoms with Gasteiger partial charge in [-0.1, -0.05) is 0 Å². The molecule has 0 saturated carbocycles. The van der Waals surface area contributed by atoms with Gasteiger partial charge in [0.05, 0.1) is 18.0 Å². The van der Waals surface area contributed by atoms with Crippen LogP contribution in [0, 0.1) is 0 Å². The van der Waals surface area contributed by atoms with E-state index in [1.54, 1.807) is 12.1 Å². The number of rotatable bonds is 4. The molecule has 0 aliphatic carbocycles. The number of nitrogens with one attached hydrogen (secondary N) is 2. The van der Waals surface area contributed by atoms with Crippen LogP contribution in [0.2, 0.25) is 0 Å². The zero-order chi connectivity index (χ0) is 16.9. The van der Waals surface area contributed by atoms with Gasteiger partial charge >= 0.3 is 11.8 Å². The zero-order valence-corrected chi connectivity index (χ0v) is 13.3. The summed E-state index contributed by atoms with van der Waals surface area (Å²) >= 11 is 0. The second-order valence-electron chi connectivity index (χ2n) is 5.08. The Kier molecular flexibility index (Phi) is 5.56. The normalized spacial score (nSPS) is 16.7. The first-order valence-electron chi connectivity index (χ1n) is 7.24. The van der Waals surface area contributed by atoms with Gasteiger partial charge in [0.15, 0.2) is 0 Å². The second-order valence-corrected chi connectivity index (χ2v) is 7.09. The van der Waals surface area contributed by atoms with E-state index < -0.39 is 21.8 Å². The van der Waals surface area contributed by atoms with Crippen LogP contribution in [0.15, 0.2) is 24.3 Å². The van der Waals surface area contributed by atoms with Gasteiger partial charge in [-0.05, 0) is 37.1 Å². The molecular weight excluding hydrogens is 322 g/mol. The van der Waals surface area contributed by atoms with Crippen molar-refractivity contribution in [2.45, 2.75) is 12.8 Å². The summed E-state index contributed by atoms with van der Waals surface area (Å²) < 4.78 is 25.4. The van der Waals surface area contributed by atoms with Crippen LogP contribution in [0.25, 0.3) is 0 Å². The molecule has 1 aliphatic rings. The third kappa shape index (κ3) is 4.42. The molecular formula is C14H19N3O5S. The van der Waals surface area contributed by atoms with Crippen molar-refractivity contribution in [3.8, 4) is 0 Å². The summed E-state index contributed by atoms with van der Waals surface area (Å²) in [5.41, 5.74) is 0.916. The topological polar surface area (TPSA) is 116 Å². The molecule has 9 heteroatoms. The van der Waals surface area contributed by atoms with Gasteiger partial charge in [0.1, 0.15) is 0 Å². The number of hydrogen-bond acceptors (Lipinski definition) is 5. The lowest BCUT2D eigenvalue weighted by molar-refractivity contribution is -0.136. The van der Waals surface area contributed by atoms with Crippen LogP contribution >= 0.6 is 0 Å². The monoisotopic (exact) mass is 341 g/mol. The predicted molar refractivity (Wildman–Crippen MR) is 85.5 cm³/mol. The van der Waals surface area contributed by atoms with Crippen LogP contribution in [-0.2, 0) is 19.6 Å². The number of benzene rings is 1. The first kappa shape index (κ1) is 17.2. The minimum absolute atomic E-state index is 0.00197. The Labute approximate surface area is 134 Å². The highest BCUT2D eigenvalue weighted by molar-refractivity contribution is 7.92. The van der Waals surface area contributed by atoms with Crippen LogP contribution in [-0.4, -0.2) is 50.8 Å². The van der Waals surface area contributed by atoms with Gasteiger partial charge in [-0.25, -0.2) is 8.42 Å². The molecule has 0 aromatic heterocycles. The summed E-state index contributed by atoms with van der Waals surface area (Å²) in [5.74, 6) is -1.56. The summed E-state index contributed by atoms with van der Waals surface area (Å²) in [5, 5.41) is 13.2. The minimum atomic E-state index is -3.28.